The number of esters is 1. The molecule has 0 unspecified atom stereocenters. The number of amides is 2. The van der Waals surface area contributed by atoms with E-state index in [-0.39, 0.29) is 25.4 Å². The van der Waals surface area contributed by atoms with Crippen molar-refractivity contribution in [1.82, 2.24) is 15.4 Å². The molecule has 1 fully saturated rings. The van der Waals surface area contributed by atoms with Crippen molar-refractivity contribution in [2.24, 2.45) is 5.92 Å². The standard InChI is InChI=1S/C30H36BFN3O7/c1-4-42-28(37)12-10-24(33-29(38)26(34-31-19-36)15-20-5-8-23(32)9-6-20)16-21-13-14-35(30(21)39)18-22-7-11-25(40-2)17-27(22)41-3/h5-12,17,19,21,24,26,34H,4,13-16,18H2,1-3H3,(H,33,38)/b12-10+/t21-,24+,26-/m0/s1. The lowest BCUT2D eigenvalue weighted by Gasteiger charge is -2.23. The number of ether oxygens (including phenoxy) is 3. The van der Waals surface area contributed by atoms with Gasteiger partial charge in [0.05, 0.1) is 33.1 Å². The maximum absolute atomic E-state index is 13.4. The van der Waals surface area contributed by atoms with Gasteiger partial charge in [-0.1, -0.05) is 18.2 Å². The second-order valence-electron chi connectivity index (χ2n) is 9.74. The molecule has 0 aliphatic carbocycles. The first-order chi connectivity index (χ1) is 20.3. The highest BCUT2D eigenvalue weighted by molar-refractivity contribution is 6.64. The lowest BCUT2D eigenvalue weighted by molar-refractivity contribution is -0.137. The number of rotatable bonds is 16. The largest absolute Gasteiger partial charge is 0.497 e. The number of halogens is 1. The molecule has 1 aliphatic heterocycles. The fraction of sp³-hybridized carbons (Fsp3) is 0.400. The van der Waals surface area contributed by atoms with E-state index in [1.54, 1.807) is 50.3 Å². The molecule has 1 radical (unpaired) electrons. The summed E-state index contributed by atoms with van der Waals surface area (Å²) < 4.78 is 29.1. The molecule has 12 heteroatoms. The van der Waals surface area contributed by atoms with Crippen LogP contribution in [0.1, 0.15) is 30.9 Å². The molecule has 0 saturated carbocycles. The van der Waals surface area contributed by atoms with Crippen molar-refractivity contribution >= 4 is 31.4 Å². The lowest BCUT2D eigenvalue weighted by Crippen LogP contribution is -2.50. The van der Waals surface area contributed by atoms with Crippen LogP contribution in [0.2, 0.25) is 0 Å². The fourth-order valence-corrected chi connectivity index (χ4v) is 4.77. The van der Waals surface area contributed by atoms with Crippen molar-refractivity contribution in [2.75, 3.05) is 27.4 Å². The zero-order chi connectivity index (χ0) is 30.5. The van der Waals surface area contributed by atoms with Crippen LogP contribution in [0.25, 0.3) is 0 Å². The molecule has 2 aromatic rings. The second kappa shape index (κ2) is 16.3. The number of methoxy groups -OCH3 is 2. The summed E-state index contributed by atoms with van der Waals surface area (Å²) >= 11 is 0. The van der Waals surface area contributed by atoms with Crippen molar-refractivity contribution in [3.8, 4) is 11.5 Å². The minimum absolute atomic E-state index is 0.0769. The molecular formula is C30H36BFN3O7. The quantitative estimate of drug-likeness (QED) is 0.134. The first-order valence-corrected chi connectivity index (χ1v) is 13.7. The molecule has 3 rings (SSSR count). The smallest absolute Gasteiger partial charge is 0.330 e. The van der Waals surface area contributed by atoms with E-state index in [2.05, 4.69) is 10.5 Å². The molecule has 1 aliphatic rings. The van der Waals surface area contributed by atoms with Crippen LogP contribution in [0.5, 0.6) is 11.5 Å². The summed E-state index contributed by atoms with van der Waals surface area (Å²) in [7, 11) is 4.24. The second-order valence-corrected chi connectivity index (χ2v) is 9.74. The average Bonchev–Trinajstić information content (AvgIpc) is 3.33. The van der Waals surface area contributed by atoms with Crippen LogP contribution in [-0.2, 0) is 36.9 Å². The summed E-state index contributed by atoms with van der Waals surface area (Å²) in [6.45, 7) is 2.74. The van der Waals surface area contributed by atoms with Crippen LogP contribution in [0.3, 0.4) is 0 Å². The van der Waals surface area contributed by atoms with E-state index in [0.717, 1.165) is 13.0 Å². The molecule has 0 aromatic heterocycles. The van der Waals surface area contributed by atoms with Gasteiger partial charge in [0.15, 0.2) is 0 Å². The third-order valence-electron chi connectivity index (χ3n) is 6.92. The Hall–Kier alpha value is -4.19. The highest BCUT2D eigenvalue weighted by atomic mass is 19.1. The summed E-state index contributed by atoms with van der Waals surface area (Å²) in [5.41, 5.74) is 1.51. The summed E-state index contributed by atoms with van der Waals surface area (Å²) in [6, 6.07) is 9.57. The number of nitrogens with zero attached hydrogens (tertiary/aromatic N) is 1. The lowest BCUT2D eigenvalue weighted by atomic mass is 9.93. The van der Waals surface area contributed by atoms with Gasteiger partial charge in [-0.2, -0.15) is 0 Å². The van der Waals surface area contributed by atoms with E-state index in [4.69, 9.17) is 14.2 Å². The van der Waals surface area contributed by atoms with Gasteiger partial charge in [-0.05, 0) is 56.0 Å². The fourth-order valence-electron chi connectivity index (χ4n) is 4.77. The number of hydrogen-bond donors (Lipinski definition) is 2. The minimum atomic E-state index is -0.863. The molecular weight excluding hydrogens is 544 g/mol. The Morgan fingerprint density at radius 2 is 1.93 bits per heavy atom. The van der Waals surface area contributed by atoms with Crippen molar-refractivity contribution in [3.05, 3.63) is 71.6 Å². The monoisotopic (exact) mass is 580 g/mol. The van der Waals surface area contributed by atoms with Gasteiger partial charge in [0, 0.05) is 42.8 Å². The number of hydrogen-bond acceptors (Lipinski definition) is 8. The SMILES string of the molecule is CCOC(=O)/C=C/[C@H](C[C@@H]1CCN(Cc2ccc(OC)cc2OC)C1=O)NC(=O)[C@H](Cc1ccc(F)cc1)N[B]C=O. The van der Waals surface area contributed by atoms with Crippen molar-refractivity contribution in [3.63, 3.8) is 0 Å². The van der Waals surface area contributed by atoms with Gasteiger partial charge in [-0.3, -0.25) is 9.59 Å². The Labute approximate surface area is 245 Å². The summed E-state index contributed by atoms with van der Waals surface area (Å²) in [4.78, 5) is 51.5. The molecule has 0 bridgehead atoms. The summed E-state index contributed by atoms with van der Waals surface area (Å²) in [5.74, 6) is -0.661. The Bertz CT molecular complexity index is 1260. The van der Waals surface area contributed by atoms with Crippen molar-refractivity contribution < 1.29 is 37.8 Å². The van der Waals surface area contributed by atoms with Gasteiger partial charge in [0.2, 0.25) is 11.8 Å². The first kappa shape index (κ1) is 32.3. The molecule has 10 nitrogen and oxygen atoms in total. The minimum Gasteiger partial charge on any atom is -0.497 e. The Morgan fingerprint density at radius 3 is 2.60 bits per heavy atom. The van der Waals surface area contributed by atoms with Crippen molar-refractivity contribution in [1.29, 1.82) is 0 Å². The molecule has 1 saturated heterocycles. The molecule has 3 atom stereocenters. The summed E-state index contributed by atoms with van der Waals surface area (Å²) in [6.07, 6.45) is 4.24. The van der Waals surface area contributed by atoms with Crippen molar-refractivity contribution in [2.45, 2.75) is 44.8 Å². The molecule has 2 amide bonds. The van der Waals surface area contributed by atoms with Crippen LogP contribution in [0.15, 0.2) is 54.6 Å². The number of likely N-dealkylation sites (tertiary alicyclic amines) is 1. The van der Waals surface area contributed by atoms with Crippen LogP contribution in [0, 0.1) is 11.7 Å². The van der Waals surface area contributed by atoms with Gasteiger partial charge in [0.1, 0.15) is 17.3 Å². The average molecular weight is 580 g/mol. The van der Waals surface area contributed by atoms with E-state index in [0.29, 0.717) is 42.8 Å². The molecule has 2 aromatic carbocycles. The maximum atomic E-state index is 13.4. The van der Waals surface area contributed by atoms with Crippen LogP contribution >= 0.6 is 0 Å². The Kier molecular flexibility index (Phi) is 12.6. The van der Waals surface area contributed by atoms with E-state index in [1.807, 2.05) is 6.07 Å². The molecule has 2 N–H and O–H groups in total. The van der Waals surface area contributed by atoms with E-state index in [1.165, 1.54) is 24.3 Å². The van der Waals surface area contributed by atoms with Gasteiger partial charge in [-0.25, -0.2) is 9.18 Å². The zero-order valence-electron chi connectivity index (χ0n) is 24.0. The zero-order valence-corrected chi connectivity index (χ0v) is 24.0. The number of carbonyl (C=O) groups excluding carboxylic acids is 4. The molecule has 1 heterocycles. The van der Waals surface area contributed by atoms with Crippen LogP contribution in [0.4, 0.5) is 4.39 Å². The highest BCUT2D eigenvalue weighted by Crippen LogP contribution is 2.30. The third kappa shape index (κ3) is 9.44. The predicted molar refractivity (Wildman–Crippen MR) is 155 cm³/mol. The molecule has 0 spiro atoms. The Balaban J connectivity index is 1.73. The number of nitrogens with one attached hydrogen (secondary N) is 2. The van der Waals surface area contributed by atoms with E-state index >= 15 is 0 Å². The molecule has 42 heavy (non-hydrogen) atoms. The predicted octanol–water partition coefficient (Wildman–Crippen LogP) is 2.20. The highest BCUT2D eigenvalue weighted by Gasteiger charge is 2.34. The van der Waals surface area contributed by atoms with Gasteiger partial charge in [0.25, 0.3) is 7.41 Å². The van der Waals surface area contributed by atoms with E-state index in [9.17, 15) is 23.6 Å². The van der Waals surface area contributed by atoms with Gasteiger partial charge < -0.3 is 34.4 Å². The van der Waals surface area contributed by atoms with Gasteiger partial charge in [-0.15, -0.1) is 0 Å². The topological polar surface area (TPSA) is 123 Å². The van der Waals surface area contributed by atoms with Crippen LogP contribution in [-0.4, -0.2) is 75.7 Å². The normalized spacial score (nSPS) is 16.1. The number of benzene rings is 2. The Morgan fingerprint density at radius 1 is 1.17 bits per heavy atom. The maximum Gasteiger partial charge on any atom is 0.330 e. The third-order valence-corrected chi connectivity index (χ3v) is 6.92. The molecule has 223 valence electrons. The van der Waals surface area contributed by atoms with Gasteiger partial charge >= 0.3 is 5.97 Å². The van der Waals surface area contributed by atoms with Crippen LogP contribution < -0.4 is 20.0 Å². The van der Waals surface area contributed by atoms with E-state index < -0.39 is 35.7 Å². The summed E-state index contributed by atoms with van der Waals surface area (Å²) in [5, 5.41) is 5.66. The first-order valence-electron chi connectivity index (χ1n) is 13.7. The number of carbonyl (C=O) groups is 4.